The standard InChI is InChI=1S/C16H27N3/c1-18(2)15-9-7-14(8-10-15)17-12-11-16-6-4-5-13-19(16)3/h7-10,16-17H,4-6,11-13H2,1-3H3. The van der Waals surface area contributed by atoms with E-state index in [-0.39, 0.29) is 0 Å². The quantitative estimate of drug-likeness (QED) is 0.879. The Morgan fingerprint density at radius 1 is 1.21 bits per heavy atom. The maximum absolute atomic E-state index is 3.53. The molecule has 1 aromatic carbocycles. The van der Waals surface area contributed by atoms with Gasteiger partial charge in [0.05, 0.1) is 0 Å². The molecular formula is C16H27N3. The monoisotopic (exact) mass is 261 g/mol. The van der Waals surface area contributed by atoms with Crippen molar-refractivity contribution < 1.29 is 0 Å². The molecule has 106 valence electrons. The molecule has 0 radical (unpaired) electrons. The Hall–Kier alpha value is -1.22. The fourth-order valence-electron chi connectivity index (χ4n) is 2.77. The molecule has 0 bridgehead atoms. The minimum absolute atomic E-state index is 0.766. The van der Waals surface area contributed by atoms with Gasteiger partial charge in [0.15, 0.2) is 0 Å². The number of likely N-dealkylation sites (tertiary alicyclic amines) is 1. The van der Waals surface area contributed by atoms with Gasteiger partial charge in [-0.05, 0) is 57.1 Å². The third-order valence-electron chi connectivity index (χ3n) is 4.11. The Bertz CT molecular complexity index is 372. The number of rotatable bonds is 5. The number of piperidine rings is 1. The highest BCUT2D eigenvalue weighted by Crippen LogP contribution is 2.19. The van der Waals surface area contributed by atoms with Crippen LogP contribution in [0.15, 0.2) is 24.3 Å². The maximum atomic E-state index is 3.53. The smallest absolute Gasteiger partial charge is 0.0362 e. The zero-order chi connectivity index (χ0) is 13.7. The summed E-state index contributed by atoms with van der Waals surface area (Å²) in [7, 11) is 6.40. The summed E-state index contributed by atoms with van der Waals surface area (Å²) in [6.45, 7) is 2.33. The van der Waals surface area contributed by atoms with E-state index in [1.165, 1.54) is 43.6 Å². The summed E-state index contributed by atoms with van der Waals surface area (Å²) in [5.41, 5.74) is 2.47. The molecule has 19 heavy (non-hydrogen) atoms. The molecule has 1 aliphatic rings. The van der Waals surface area contributed by atoms with Crippen molar-refractivity contribution in [1.29, 1.82) is 0 Å². The van der Waals surface area contributed by atoms with Crippen LogP contribution >= 0.6 is 0 Å². The van der Waals surface area contributed by atoms with E-state index >= 15 is 0 Å². The summed E-state index contributed by atoms with van der Waals surface area (Å²) < 4.78 is 0. The molecule has 1 aromatic rings. The Morgan fingerprint density at radius 3 is 2.58 bits per heavy atom. The first-order valence-corrected chi connectivity index (χ1v) is 7.38. The topological polar surface area (TPSA) is 18.5 Å². The van der Waals surface area contributed by atoms with E-state index in [1.807, 2.05) is 0 Å². The van der Waals surface area contributed by atoms with E-state index in [1.54, 1.807) is 0 Å². The molecule has 0 spiro atoms. The second-order valence-corrected chi connectivity index (χ2v) is 5.79. The van der Waals surface area contributed by atoms with Crippen LogP contribution in [0.5, 0.6) is 0 Å². The highest BCUT2D eigenvalue weighted by atomic mass is 15.1. The third-order valence-corrected chi connectivity index (χ3v) is 4.11. The lowest BCUT2D eigenvalue weighted by molar-refractivity contribution is 0.179. The fourth-order valence-corrected chi connectivity index (χ4v) is 2.77. The van der Waals surface area contributed by atoms with E-state index < -0.39 is 0 Å². The first-order valence-electron chi connectivity index (χ1n) is 7.38. The molecule has 0 saturated carbocycles. The second-order valence-electron chi connectivity index (χ2n) is 5.79. The molecule has 3 nitrogen and oxygen atoms in total. The molecule has 3 heteroatoms. The van der Waals surface area contributed by atoms with Crippen molar-refractivity contribution in [2.45, 2.75) is 31.7 Å². The van der Waals surface area contributed by atoms with Gasteiger partial charge in [0, 0.05) is 38.1 Å². The molecule has 1 unspecified atom stereocenters. The highest BCUT2D eigenvalue weighted by Gasteiger charge is 2.17. The average molecular weight is 261 g/mol. The van der Waals surface area contributed by atoms with E-state index in [0.29, 0.717) is 0 Å². The number of nitrogens with one attached hydrogen (secondary N) is 1. The normalized spacial score (nSPS) is 20.3. The van der Waals surface area contributed by atoms with Gasteiger partial charge in [-0.25, -0.2) is 0 Å². The minimum atomic E-state index is 0.766. The molecule has 1 atom stereocenters. The summed E-state index contributed by atoms with van der Waals surface area (Å²) in [6, 6.07) is 9.42. The van der Waals surface area contributed by atoms with Crippen molar-refractivity contribution >= 4 is 11.4 Å². The maximum Gasteiger partial charge on any atom is 0.0362 e. The first-order chi connectivity index (χ1) is 9.16. The number of nitrogens with zero attached hydrogens (tertiary/aromatic N) is 2. The van der Waals surface area contributed by atoms with Crippen molar-refractivity contribution in [3.05, 3.63) is 24.3 Å². The Labute approximate surface area is 117 Å². The van der Waals surface area contributed by atoms with E-state index in [4.69, 9.17) is 0 Å². The van der Waals surface area contributed by atoms with Crippen LogP contribution in [-0.4, -0.2) is 45.2 Å². The molecule has 1 N–H and O–H groups in total. The minimum Gasteiger partial charge on any atom is -0.385 e. The first kappa shape index (κ1) is 14.2. The lowest BCUT2D eigenvalue weighted by Crippen LogP contribution is -2.37. The molecule has 0 amide bonds. The van der Waals surface area contributed by atoms with Crippen LogP contribution in [0.2, 0.25) is 0 Å². The zero-order valence-corrected chi connectivity index (χ0v) is 12.5. The lowest BCUT2D eigenvalue weighted by atomic mass is 10.0. The van der Waals surface area contributed by atoms with Crippen molar-refractivity contribution in [2.75, 3.05) is 44.4 Å². The van der Waals surface area contributed by atoms with Crippen molar-refractivity contribution in [3.63, 3.8) is 0 Å². The summed E-state index contributed by atoms with van der Waals surface area (Å²) in [6.07, 6.45) is 5.36. The molecule has 1 fully saturated rings. The predicted octanol–water partition coefficient (Wildman–Crippen LogP) is 3.04. The van der Waals surface area contributed by atoms with Crippen LogP contribution in [0.3, 0.4) is 0 Å². The second kappa shape index (κ2) is 6.80. The SMILES string of the molecule is CN(C)c1ccc(NCCC2CCCCN2C)cc1. The van der Waals surface area contributed by atoms with Gasteiger partial charge in [0.2, 0.25) is 0 Å². The van der Waals surface area contributed by atoms with E-state index in [0.717, 1.165) is 12.6 Å². The van der Waals surface area contributed by atoms with Crippen molar-refractivity contribution in [1.82, 2.24) is 4.90 Å². The number of hydrogen-bond acceptors (Lipinski definition) is 3. The van der Waals surface area contributed by atoms with E-state index in [9.17, 15) is 0 Å². The molecule has 1 heterocycles. The van der Waals surface area contributed by atoms with Crippen LogP contribution in [0.4, 0.5) is 11.4 Å². The van der Waals surface area contributed by atoms with Gasteiger partial charge in [-0.3, -0.25) is 0 Å². The Morgan fingerprint density at radius 2 is 1.95 bits per heavy atom. The van der Waals surface area contributed by atoms with Gasteiger partial charge in [0.25, 0.3) is 0 Å². The van der Waals surface area contributed by atoms with Crippen LogP contribution < -0.4 is 10.2 Å². The van der Waals surface area contributed by atoms with Crippen molar-refractivity contribution in [2.24, 2.45) is 0 Å². The summed E-state index contributed by atoms with van der Waals surface area (Å²) in [4.78, 5) is 4.64. The predicted molar refractivity (Wildman–Crippen MR) is 84.1 cm³/mol. The largest absolute Gasteiger partial charge is 0.385 e. The van der Waals surface area contributed by atoms with Gasteiger partial charge >= 0.3 is 0 Å². The van der Waals surface area contributed by atoms with Crippen LogP contribution in [0.25, 0.3) is 0 Å². The average Bonchev–Trinajstić information content (AvgIpc) is 2.41. The fraction of sp³-hybridized carbons (Fsp3) is 0.625. The van der Waals surface area contributed by atoms with Gasteiger partial charge in [-0.1, -0.05) is 6.42 Å². The molecular weight excluding hydrogens is 234 g/mol. The Balaban J connectivity index is 1.75. The Kier molecular flexibility index (Phi) is 5.08. The van der Waals surface area contributed by atoms with Gasteiger partial charge in [-0.2, -0.15) is 0 Å². The summed E-state index contributed by atoms with van der Waals surface area (Å²) >= 11 is 0. The van der Waals surface area contributed by atoms with Crippen molar-refractivity contribution in [3.8, 4) is 0 Å². The van der Waals surface area contributed by atoms with Crippen LogP contribution in [-0.2, 0) is 0 Å². The number of anilines is 2. The zero-order valence-electron chi connectivity index (χ0n) is 12.5. The lowest BCUT2D eigenvalue weighted by Gasteiger charge is -2.32. The molecule has 2 rings (SSSR count). The number of hydrogen-bond donors (Lipinski definition) is 1. The molecule has 0 aromatic heterocycles. The summed E-state index contributed by atoms with van der Waals surface area (Å²) in [5.74, 6) is 0. The van der Waals surface area contributed by atoms with E-state index in [2.05, 4.69) is 60.5 Å². The molecule has 1 aliphatic heterocycles. The summed E-state index contributed by atoms with van der Waals surface area (Å²) in [5, 5.41) is 3.53. The van der Waals surface area contributed by atoms with Gasteiger partial charge in [-0.15, -0.1) is 0 Å². The van der Waals surface area contributed by atoms with Gasteiger partial charge < -0.3 is 15.1 Å². The van der Waals surface area contributed by atoms with Crippen LogP contribution in [0.1, 0.15) is 25.7 Å². The molecule has 0 aliphatic carbocycles. The number of benzene rings is 1. The third kappa shape index (κ3) is 4.13. The van der Waals surface area contributed by atoms with Crippen LogP contribution in [0, 0.1) is 0 Å². The molecule has 1 saturated heterocycles. The highest BCUT2D eigenvalue weighted by molar-refractivity contribution is 5.54. The van der Waals surface area contributed by atoms with Gasteiger partial charge in [0.1, 0.15) is 0 Å².